The first-order chi connectivity index (χ1) is 24.7. The summed E-state index contributed by atoms with van der Waals surface area (Å²) in [5.41, 5.74) is 8.56. The summed E-state index contributed by atoms with van der Waals surface area (Å²) in [5.74, 6) is 0. The zero-order chi connectivity index (χ0) is 33.7. The van der Waals surface area contributed by atoms with Gasteiger partial charge in [-0.25, -0.2) is 12.1 Å². The van der Waals surface area contributed by atoms with Crippen LogP contribution in [-0.2, 0) is 43.5 Å². The quantitative estimate of drug-likeness (QED) is 0.146. The van der Waals surface area contributed by atoms with Crippen molar-refractivity contribution >= 4 is 46.3 Å². The van der Waals surface area contributed by atoms with Crippen molar-refractivity contribution in [1.82, 2.24) is 0 Å². The Morgan fingerprint density at radius 2 is 1.04 bits per heavy atom. The van der Waals surface area contributed by atoms with Gasteiger partial charge >= 0.3 is 158 Å². The van der Waals surface area contributed by atoms with Gasteiger partial charge in [-0.15, -0.1) is 40.6 Å². The van der Waals surface area contributed by atoms with Gasteiger partial charge in [0.15, 0.2) is 0 Å². The molecule has 9 aromatic carbocycles. The zero-order valence-corrected chi connectivity index (χ0v) is 32.7. The van der Waals surface area contributed by atoms with Crippen LogP contribution in [0.15, 0.2) is 182 Å². The smallest absolute Gasteiger partial charge is 0.0240 e. The number of hydrogen-bond donors (Lipinski definition) is 0. The van der Waals surface area contributed by atoms with Gasteiger partial charge in [-0.2, -0.15) is 18.2 Å². The molecule has 9 aromatic rings. The summed E-state index contributed by atoms with van der Waals surface area (Å²) in [6, 6.07) is 68.0. The molecule has 0 spiro atoms. The molecule has 1 aliphatic carbocycles. The van der Waals surface area contributed by atoms with Crippen LogP contribution < -0.4 is 24.8 Å². The molecule has 52 heavy (non-hydrogen) atoms. The Labute approximate surface area is 333 Å². The third kappa shape index (κ3) is 7.79. The van der Waals surface area contributed by atoms with Crippen LogP contribution in [0.25, 0.3) is 54.2 Å². The third-order valence-corrected chi connectivity index (χ3v) is 10.6. The molecule has 0 radical (unpaired) electrons. The first-order valence-corrected chi connectivity index (χ1v) is 18.6. The fourth-order valence-electron chi connectivity index (χ4n) is 7.46. The maximum atomic E-state index is 3.48. The van der Waals surface area contributed by atoms with Crippen LogP contribution in [0.2, 0.25) is 0 Å². The molecule has 0 nitrogen and oxygen atoms in total. The van der Waals surface area contributed by atoms with Gasteiger partial charge < -0.3 is 24.8 Å². The topological polar surface area (TPSA) is 0 Å². The van der Waals surface area contributed by atoms with Crippen molar-refractivity contribution in [2.24, 2.45) is 0 Å². The SMILES string of the molecule is [Cl-].[Cl-].[Zr+2]=[C](Cc1cccc2ccccc12)Cc1cccc2ccccc12.[c-]1cccc2c1c1c(c3ccccc32)-c2ccccc2C1.c1cc[cH-]c1. The molecule has 0 aromatic heterocycles. The van der Waals surface area contributed by atoms with Crippen LogP contribution in [0.5, 0.6) is 0 Å². The Bertz CT molecular complexity index is 2490. The molecule has 0 heterocycles. The number of hydrogen-bond acceptors (Lipinski definition) is 0. The van der Waals surface area contributed by atoms with Crippen molar-refractivity contribution in [1.29, 1.82) is 0 Å². The molecular weight excluding hydrogens is 751 g/mol. The van der Waals surface area contributed by atoms with Gasteiger partial charge in [0.25, 0.3) is 0 Å². The molecule has 0 fully saturated rings. The van der Waals surface area contributed by atoms with E-state index in [1.165, 1.54) is 101 Å². The van der Waals surface area contributed by atoms with E-state index in [0.717, 1.165) is 19.3 Å². The summed E-state index contributed by atoms with van der Waals surface area (Å²) in [6.07, 6.45) is 3.17. The average molecular weight is 787 g/mol. The van der Waals surface area contributed by atoms with Crippen LogP contribution in [0.1, 0.15) is 22.3 Å². The Morgan fingerprint density at radius 1 is 0.519 bits per heavy atom. The molecule has 0 saturated carbocycles. The van der Waals surface area contributed by atoms with Crippen LogP contribution >= 0.6 is 0 Å². The molecule has 0 N–H and O–H groups in total. The van der Waals surface area contributed by atoms with Crippen LogP contribution in [-0.4, -0.2) is 3.21 Å². The molecule has 3 heteroatoms. The Kier molecular flexibility index (Phi) is 12.4. The van der Waals surface area contributed by atoms with E-state index in [-0.39, 0.29) is 24.8 Å². The molecule has 0 unspecified atom stereocenters. The van der Waals surface area contributed by atoms with Crippen molar-refractivity contribution in [2.45, 2.75) is 19.3 Å². The molecule has 252 valence electrons. The number of halogens is 2. The standard InChI is InChI=1S/C23H18.C21H13.C5H5.2ClH.Zr/c1-3-16-22-18(8-1)10-5-12-20(22)14-7-15-21-13-6-11-19-9-2-4-17-23(19)21;1-2-8-15-14(7-1)13-20-18-11-4-3-9-16(18)17-10-5-6-12-19(17)21(15)20;1-2-4-5-3-1;;;/h1-6,8-13,16-17H,14-15H2;1-10,12H,13H2;1-5H;2*1H;/q;2*-1;;;+2/p-2. The van der Waals surface area contributed by atoms with Crippen molar-refractivity contribution < 1.29 is 49.0 Å². The molecule has 0 aliphatic heterocycles. The molecule has 0 saturated heterocycles. The Hall–Kier alpha value is -4.52. The van der Waals surface area contributed by atoms with Gasteiger partial charge in [0.2, 0.25) is 0 Å². The second-order valence-corrected chi connectivity index (χ2v) is 14.6. The second-order valence-electron chi connectivity index (χ2n) is 12.9. The van der Waals surface area contributed by atoms with E-state index in [1.54, 1.807) is 3.21 Å². The second kappa shape index (κ2) is 17.3. The van der Waals surface area contributed by atoms with Gasteiger partial charge in [0, 0.05) is 0 Å². The fraction of sp³-hybridized carbons (Fsp3) is 0.0612. The minimum atomic E-state index is 0. The number of rotatable bonds is 4. The van der Waals surface area contributed by atoms with Gasteiger partial charge in [-0.05, 0) is 28.5 Å². The van der Waals surface area contributed by atoms with E-state index >= 15 is 0 Å². The summed E-state index contributed by atoms with van der Waals surface area (Å²) in [4.78, 5) is 0. The molecule has 0 bridgehead atoms. The summed E-state index contributed by atoms with van der Waals surface area (Å²) < 4.78 is 1.59. The van der Waals surface area contributed by atoms with Crippen molar-refractivity contribution in [3.63, 3.8) is 0 Å². The summed E-state index contributed by atoms with van der Waals surface area (Å²) >= 11 is 1.53. The van der Waals surface area contributed by atoms with Gasteiger partial charge in [0.05, 0.1) is 0 Å². The monoisotopic (exact) mass is 784 g/mol. The summed E-state index contributed by atoms with van der Waals surface area (Å²) in [5, 5.41) is 10.7. The van der Waals surface area contributed by atoms with Crippen molar-refractivity contribution in [3.05, 3.63) is 210 Å². The van der Waals surface area contributed by atoms with Gasteiger partial charge in [-0.3, -0.25) is 0 Å². The van der Waals surface area contributed by atoms with E-state index in [4.69, 9.17) is 0 Å². The van der Waals surface area contributed by atoms with Crippen LogP contribution in [0, 0.1) is 6.07 Å². The molecule has 0 atom stereocenters. The van der Waals surface area contributed by atoms with E-state index in [1.807, 2.05) is 36.4 Å². The summed E-state index contributed by atoms with van der Waals surface area (Å²) in [7, 11) is 0. The zero-order valence-electron chi connectivity index (χ0n) is 28.7. The minimum Gasteiger partial charge on any atom is -0.214 e. The van der Waals surface area contributed by atoms with Gasteiger partial charge in [0.1, 0.15) is 0 Å². The third-order valence-electron chi connectivity index (χ3n) is 9.72. The first-order valence-electron chi connectivity index (χ1n) is 17.3. The van der Waals surface area contributed by atoms with Crippen LogP contribution in [0.3, 0.4) is 0 Å². The summed E-state index contributed by atoms with van der Waals surface area (Å²) in [6.45, 7) is 0. The fourth-order valence-corrected chi connectivity index (χ4v) is 8.40. The average Bonchev–Trinajstić information content (AvgIpc) is 3.89. The van der Waals surface area contributed by atoms with E-state index in [0.29, 0.717) is 0 Å². The predicted molar refractivity (Wildman–Crippen MR) is 211 cm³/mol. The molecule has 10 rings (SSSR count). The van der Waals surface area contributed by atoms with E-state index in [9.17, 15) is 0 Å². The van der Waals surface area contributed by atoms with Gasteiger partial charge in [-0.1, -0.05) is 53.9 Å². The normalized spacial score (nSPS) is 11.0. The van der Waals surface area contributed by atoms with Crippen LogP contribution in [0.4, 0.5) is 0 Å². The Balaban J connectivity index is 0.000000153. The largest absolute Gasteiger partial charge is 0.214 e. The maximum Gasteiger partial charge on any atom is -0.0240 e. The van der Waals surface area contributed by atoms with E-state index in [2.05, 4.69) is 152 Å². The predicted octanol–water partition coefficient (Wildman–Crippen LogP) is 6.28. The number of benzene rings is 8. The van der Waals surface area contributed by atoms with Crippen molar-refractivity contribution in [2.75, 3.05) is 0 Å². The number of fused-ring (bicyclic) bond motifs is 10. The minimum absolute atomic E-state index is 0. The maximum absolute atomic E-state index is 3.48. The van der Waals surface area contributed by atoms with Crippen molar-refractivity contribution in [3.8, 4) is 11.1 Å². The Morgan fingerprint density at radius 3 is 1.65 bits per heavy atom. The molecule has 0 amide bonds. The molecular formula is C49H36Cl2Zr-2. The first kappa shape index (κ1) is 37.2. The molecule has 1 aliphatic rings. The van der Waals surface area contributed by atoms with E-state index < -0.39 is 0 Å².